The maximum atomic E-state index is 12.6. The van der Waals surface area contributed by atoms with Crippen LogP contribution in [-0.4, -0.2) is 28.9 Å². The van der Waals surface area contributed by atoms with Crippen molar-refractivity contribution in [3.63, 3.8) is 0 Å². The van der Waals surface area contributed by atoms with Gasteiger partial charge in [0.2, 0.25) is 5.91 Å². The van der Waals surface area contributed by atoms with Gasteiger partial charge >= 0.3 is 5.97 Å². The van der Waals surface area contributed by atoms with Gasteiger partial charge in [-0.3, -0.25) is 10.5 Å². The van der Waals surface area contributed by atoms with Gasteiger partial charge in [0.1, 0.15) is 0 Å². The van der Waals surface area contributed by atoms with E-state index in [0.29, 0.717) is 0 Å². The lowest BCUT2D eigenvalue weighted by atomic mass is 10.1. The van der Waals surface area contributed by atoms with E-state index in [1.807, 2.05) is 0 Å². The van der Waals surface area contributed by atoms with Crippen molar-refractivity contribution in [2.75, 3.05) is 0 Å². The molecule has 0 aromatic rings. The number of carbonyl (C=O) groups is 2. The Hall–Kier alpha value is -1.24. The standard InChI is InChI=1S/C5H8F2N2O3/c6-2(1-3(8)10)5(7,9)4(11)12/h2H,1,9H2,(H2,8,10)(H,11,12). The molecular weight excluding hydrogens is 174 g/mol. The van der Waals surface area contributed by atoms with Gasteiger partial charge in [-0.25, -0.2) is 13.6 Å². The molecule has 7 heteroatoms. The number of rotatable bonds is 4. The Kier molecular flexibility index (Phi) is 3.08. The lowest BCUT2D eigenvalue weighted by Gasteiger charge is -2.17. The molecule has 1 amide bonds. The SMILES string of the molecule is NC(=O)CC(F)C(N)(F)C(=O)O. The molecule has 0 saturated heterocycles. The summed E-state index contributed by atoms with van der Waals surface area (Å²) in [6, 6.07) is 0. The fourth-order valence-corrected chi connectivity index (χ4v) is 0.459. The molecule has 2 unspecified atom stereocenters. The molecule has 70 valence electrons. The molecule has 0 saturated carbocycles. The van der Waals surface area contributed by atoms with Crippen LogP contribution in [0.25, 0.3) is 0 Å². The third-order valence-electron chi connectivity index (χ3n) is 1.16. The van der Waals surface area contributed by atoms with Gasteiger partial charge < -0.3 is 10.8 Å². The number of amides is 1. The summed E-state index contributed by atoms with van der Waals surface area (Å²) in [4.78, 5) is 20.0. The van der Waals surface area contributed by atoms with Crippen molar-refractivity contribution < 1.29 is 23.5 Å². The summed E-state index contributed by atoms with van der Waals surface area (Å²) < 4.78 is 25.1. The Balaban J connectivity index is 4.35. The number of carboxylic acids is 1. The molecule has 0 bridgehead atoms. The van der Waals surface area contributed by atoms with Crippen molar-refractivity contribution in [2.24, 2.45) is 11.5 Å². The second-order valence-corrected chi connectivity index (χ2v) is 2.21. The van der Waals surface area contributed by atoms with Gasteiger partial charge in [-0.1, -0.05) is 0 Å². The molecule has 12 heavy (non-hydrogen) atoms. The van der Waals surface area contributed by atoms with E-state index in [1.165, 1.54) is 0 Å². The minimum Gasteiger partial charge on any atom is -0.478 e. The van der Waals surface area contributed by atoms with E-state index in [2.05, 4.69) is 11.5 Å². The fraction of sp³-hybridized carbons (Fsp3) is 0.600. The summed E-state index contributed by atoms with van der Waals surface area (Å²) in [5, 5.41) is 8.03. The van der Waals surface area contributed by atoms with Crippen molar-refractivity contribution >= 4 is 11.9 Å². The Morgan fingerprint density at radius 3 is 2.25 bits per heavy atom. The molecule has 5 N–H and O–H groups in total. The Morgan fingerprint density at radius 1 is 1.58 bits per heavy atom. The molecule has 0 aromatic heterocycles. The normalized spacial score (nSPS) is 17.9. The van der Waals surface area contributed by atoms with Crippen molar-refractivity contribution in [3.05, 3.63) is 0 Å². The van der Waals surface area contributed by atoms with Crippen LogP contribution in [0.4, 0.5) is 8.78 Å². The number of carboxylic acid groups (broad SMARTS) is 1. The lowest BCUT2D eigenvalue weighted by Crippen LogP contribution is -2.52. The monoisotopic (exact) mass is 182 g/mol. The molecule has 0 rings (SSSR count). The zero-order valence-corrected chi connectivity index (χ0v) is 5.96. The third-order valence-corrected chi connectivity index (χ3v) is 1.16. The molecule has 0 heterocycles. The van der Waals surface area contributed by atoms with E-state index < -0.39 is 30.3 Å². The molecule has 2 atom stereocenters. The van der Waals surface area contributed by atoms with Crippen LogP contribution in [-0.2, 0) is 9.59 Å². The van der Waals surface area contributed by atoms with E-state index >= 15 is 0 Å². The highest BCUT2D eigenvalue weighted by Gasteiger charge is 2.44. The van der Waals surface area contributed by atoms with E-state index in [1.54, 1.807) is 0 Å². The van der Waals surface area contributed by atoms with Crippen molar-refractivity contribution in [2.45, 2.75) is 18.4 Å². The first-order chi connectivity index (χ1) is 5.28. The first-order valence-corrected chi connectivity index (χ1v) is 2.92. The summed E-state index contributed by atoms with van der Waals surface area (Å²) in [7, 11) is 0. The quantitative estimate of drug-likeness (QED) is 0.480. The van der Waals surface area contributed by atoms with Gasteiger partial charge in [-0.2, -0.15) is 0 Å². The summed E-state index contributed by atoms with van der Waals surface area (Å²) in [5.74, 6) is -6.89. The van der Waals surface area contributed by atoms with Gasteiger partial charge in [0, 0.05) is 0 Å². The maximum absolute atomic E-state index is 12.6. The van der Waals surface area contributed by atoms with E-state index in [9.17, 15) is 18.4 Å². The van der Waals surface area contributed by atoms with Crippen LogP contribution in [0.3, 0.4) is 0 Å². The summed E-state index contributed by atoms with van der Waals surface area (Å²) in [6.45, 7) is 0. The topological polar surface area (TPSA) is 106 Å². The van der Waals surface area contributed by atoms with Gasteiger partial charge in [0.05, 0.1) is 6.42 Å². The van der Waals surface area contributed by atoms with Gasteiger partial charge in [-0.05, 0) is 0 Å². The number of nitrogens with two attached hydrogens (primary N) is 2. The molecule has 0 radical (unpaired) electrons. The average molecular weight is 182 g/mol. The van der Waals surface area contributed by atoms with E-state index in [0.717, 1.165) is 0 Å². The summed E-state index contributed by atoms with van der Waals surface area (Å²) in [5.41, 5.74) is 8.90. The highest BCUT2D eigenvalue weighted by atomic mass is 19.2. The minimum absolute atomic E-state index is 1.06. The van der Waals surface area contributed by atoms with Crippen LogP contribution in [0.15, 0.2) is 0 Å². The summed E-state index contributed by atoms with van der Waals surface area (Å²) in [6.07, 6.45) is -3.69. The van der Waals surface area contributed by atoms with Gasteiger partial charge in [0.25, 0.3) is 5.79 Å². The maximum Gasteiger partial charge on any atom is 0.359 e. The van der Waals surface area contributed by atoms with Crippen LogP contribution < -0.4 is 11.5 Å². The van der Waals surface area contributed by atoms with Crippen LogP contribution in [0.5, 0.6) is 0 Å². The summed E-state index contributed by atoms with van der Waals surface area (Å²) >= 11 is 0. The van der Waals surface area contributed by atoms with Crippen LogP contribution >= 0.6 is 0 Å². The molecule has 0 fully saturated rings. The molecule has 0 spiro atoms. The number of halogens is 2. The van der Waals surface area contributed by atoms with Crippen LogP contribution in [0, 0.1) is 0 Å². The number of alkyl halides is 2. The molecule has 0 aromatic carbocycles. The highest BCUT2D eigenvalue weighted by Crippen LogP contribution is 2.16. The Labute approximate surface area is 66.3 Å². The lowest BCUT2D eigenvalue weighted by molar-refractivity contribution is -0.156. The number of primary amides is 1. The molecule has 0 aliphatic carbocycles. The van der Waals surface area contributed by atoms with Crippen LogP contribution in [0.2, 0.25) is 0 Å². The average Bonchev–Trinajstić information content (AvgIpc) is 1.85. The zero-order valence-electron chi connectivity index (χ0n) is 5.96. The number of carbonyl (C=O) groups excluding carboxylic acids is 1. The number of hydrogen-bond acceptors (Lipinski definition) is 3. The van der Waals surface area contributed by atoms with Gasteiger partial charge in [-0.15, -0.1) is 0 Å². The van der Waals surface area contributed by atoms with Crippen molar-refractivity contribution in [1.29, 1.82) is 0 Å². The minimum atomic E-state index is -3.56. The zero-order chi connectivity index (χ0) is 9.94. The van der Waals surface area contributed by atoms with E-state index in [4.69, 9.17) is 5.11 Å². The molecular formula is C5H8F2N2O3. The predicted octanol–water partition coefficient (Wildman–Crippen LogP) is -1.09. The predicted molar refractivity (Wildman–Crippen MR) is 34.4 cm³/mol. The third kappa shape index (κ3) is 2.42. The smallest absolute Gasteiger partial charge is 0.359 e. The van der Waals surface area contributed by atoms with Gasteiger partial charge in [0.15, 0.2) is 6.17 Å². The van der Waals surface area contributed by atoms with E-state index in [-0.39, 0.29) is 0 Å². The largest absolute Gasteiger partial charge is 0.478 e. The Bertz CT molecular complexity index is 207. The molecule has 0 aliphatic rings. The molecule has 0 aliphatic heterocycles. The Morgan fingerprint density at radius 2 is 2.00 bits per heavy atom. The second kappa shape index (κ2) is 3.44. The first kappa shape index (κ1) is 10.8. The molecule has 5 nitrogen and oxygen atoms in total. The second-order valence-electron chi connectivity index (χ2n) is 2.21. The fourth-order valence-electron chi connectivity index (χ4n) is 0.459. The van der Waals surface area contributed by atoms with Crippen molar-refractivity contribution in [3.8, 4) is 0 Å². The van der Waals surface area contributed by atoms with Crippen molar-refractivity contribution in [1.82, 2.24) is 0 Å². The number of hydrogen-bond donors (Lipinski definition) is 3. The highest BCUT2D eigenvalue weighted by molar-refractivity contribution is 5.80. The first-order valence-electron chi connectivity index (χ1n) is 2.92. The number of aliphatic carboxylic acids is 1. The van der Waals surface area contributed by atoms with Crippen LogP contribution in [0.1, 0.15) is 6.42 Å².